The number of hydrogen-bond acceptors (Lipinski definition) is 7. The van der Waals surface area contributed by atoms with E-state index in [9.17, 15) is 19.2 Å². The van der Waals surface area contributed by atoms with E-state index in [2.05, 4.69) is 15.4 Å². The number of esters is 2. The Bertz CT molecular complexity index is 699. The zero-order valence-corrected chi connectivity index (χ0v) is 17.2. The molecule has 160 valence electrons. The Morgan fingerprint density at radius 3 is 2.28 bits per heavy atom. The smallest absolute Gasteiger partial charge is 0.408 e. The minimum Gasteiger partial charge on any atom is -0.468 e. The number of hydrogen-bond donors (Lipinski definition) is 2. The van der Waals surface area contributed by atoms with Crippen LogP contribution in [0.2, 0.25) is 0 Å². The van der Waals surface area contributed by atoms with Crippen LogP contribution < -0.4 is 10.6 Å². The average Bonchev–Trinajstić information content (AvgIpc) is 2.66. The molecule has 0 unspecified atom stereocenters. The quantitative estimate of drug-likeness (QED) is 0.471. The molecule has 0 saturated carbocycles. The van der Waals surface area contributed by atoms with Crippen LogP contribution in [0.3, 0.4) is 0 Å². The third-order valence-corrected chi connectivity index (χ3v) is 3.52. The number of benzene rings is 1. The van der Waals surface area contributed by atoms with Gasteiger partial charge in [-0.1, -0.05) is 30.3 Å². The summed E-state index contributed by atoms with van der Waals surface area (Å²) in [6.45, 7) is 4.79. The lowest BCUT2D eigenvalue weighted by Gasteiger charge is -2.23. The summed E-state index contributed by atoms with van der Waals surface area (Å²) in [5.41, 5.74) is 0.0752. The van der Waals surface area contributed by atoms with Crippen molar-refractivity contribution in [2.45, 2.75) is 51.9 Å². The molecule has 1 atom stereocenters. The average molecular weight is 408 g/mol. The molecule has 9 nitrogen and oxygen atoms in total. The van der Waals surface area contributed by atoms with Gasteiger partial charge < -0.3 is 24.8 Å². The molecule has 0 aromatic heterocycles. The maximum Gasteiger partial charge on any atom is 0.408 e. The zero-order valence-electron chi connectivity index (χ0n) is 17.2. The van der Waals surface area contributed by atoms with E-state index in [1.54, 1.807) is 20.8 Å². The topological polar surface area (TPSA) is 120 Å². The van der Waals surface area contributed by atoms with Gasteiger partial charge in [0, 0.05) is 6.42 Å². The summed E-state index contributed by atoms with van der Waals surface area (Å²) in [7, 11) is 1.19. The van der Waals surface area contributed by atoms with Crippen LogP contribution in [0.4, 0.5) is 4.79 Å². The summed E-state index contributed by atoms with van der Waals surface area (Å²) in [5.74, 6) is -1.81. The molecule has 0 fully saturated rings. The van der Waals surface area contributed by atoms with Gasteiger partial charge in [0.2, 0.25) is 5.91 Å². The monoisotopic (exact) mass is 408 g/mol. The number of ether oxygens (including phenoxy) is 3. The lowest BCUT2D eigenvalue weighted by molar-refractivity contribution is -0.145. The molecule has 0 aliphatic rings. The van der Waals surface area contributed by atoms with E-state index in [0.717, 1.165) is 5.56 Å². The molecular formula is C20H28N2O7. The van der Waals surface area contributed by atoms with Crippen molar-refractivity contribution in [3.63, 3.8) is 0 Å². The molecular weight excluding hydrogens is 380 g/mol. The summed E-state index contributed by atoms with van der Waals surface area (Å²) in [5, 5.41) is 4.76. The van der Waals surface area contributed by atoms with Crippen molar-refractivity contribution < 1.29 is 33.4 Å². The Balaban J connectivity index is 2.61. The van der Waals surface area contributed by atoms with E-state index in [4.69, 9.17) is 9.47 Å². The van der Waals surface area contributed by atoms with Crippen LogP contribution in [0, 0.1) is 0 Å². The van der Waals surface area contributed by atoms with Gasteiger partial charge in [-0.2, -0.15) is 0 Å². The van der Waals surface area contributed by atoms with Crippen molar-refractivity contribution in [3.8, 4) is 0 Å². The van der Waals surface area contributed by atoms with Crippen LogP contribution >= 0.6 is 0 Å². The predicted octanol–water partition coefficient (Wildman–Crippen LogP) is 1.69. The summed E-state index contributed by atoms with van der Waals surface area (Å²) in [6, 6.07) is 8.07. The van der Waals surface area contributed by atoms with Gasteiger partial charge in [-0.15, -0.1) is 0 Å². The molecule has 1 rings (SSSR count). The van der Waals surface area contributed by atoms with Gasteiger partial charge in [0.1, 0.15) is 24.8 Å². The Labute approximate surface area is 170 Å². The molecule has 0 bridgehead atoms. The van der Waals surface area contributed by atoms with Gasteiger partial charge >= 0.3 is 18.0 Å². The molecule has 0 aliphatic heterocycles. The van der Waals surface area contributed by atoms with Crippen LogP contribution in [0.15, 0.2) is 30.3 Å². The summed E-state index contributed by atoms with van der Waals surface area (Å²) in [4.78, 5) is 47.5. The van der Waals surface area contributed by atoms with E-state index in [1.807, 2.05) is 30.3 Å². The second kappa shape index (κ2) is 11.7. The van der Waals surface area contributed by atoms with E-state index in [-0.39, 0.29) is 26.0 Å². The molecule has 1 aromatic carbocycles. The highest BCUT2D eigenvalue weighted by atomic mass is 16.6. The van der Waals surface area contributed by atoms with Crippen LogP contribution in [0.25, 0.3) is 0 Å². The highest BCUT2D eigenvalue weighted by Gasteiger charge is 2.25. The summed E-state index contributed by atoms with van der Waals surface area (Å²) in [6.07, 6.45) is -0.952. The van der Waals surface area contributed by atoms with Crippen molar-refractivity contribution in [1.29, 1.82) is 0 Å². The number of alkyl carbamates (subject to hydrolysis) is 1. The highest BCUT2D eigenvalue weighted by Crippen LogP contribution is 2.09. The second-order valence-corrected chi connectivity index (χ2v) is 7.18. The fourth-order valence-electron chi connectivity index (χ4n) is 2.15. The second-order valence-electron chi connectivity index (χ2n) is 7.18. The molecule has 0 spiro atoms. The van der Waals surface area contributed by atoms with Crippen molar-refractivity contribution >= 4 is 23.9 Å². The zero-order chi connectivity index (χ0) is 21.9. The number of methoxy groups -OCH3 is 1. The Kier molecular flexibility index (Phi) is 9.64. The van der Waals surface area contributed by atoms with Crippen LogP contribution in [-0.2, 0) is 35.2 Å². The molecule has 29 heavy (non-hydrogen) atoms. The Hall–Kier alpha value is -3.10. The van der Waals surface area contributed by atoms with Gasteiger partial charge in [-0.3, -0.25) is 14.4 Å². The Morgan fingerprint density at radius 2 is 1.69 bits per heavy atom. The highest BCUT2D eigenvalue weighted by molar-refractivity contribution is 5.88. The van der Waals surface area contributed by atoms with Crippen molar-refractivity contribution in [1.82, 2.24) is 10.6 Å². The molecule has 2 amide bonds. The number of nitrogens with one attached hydrogen (secondary N) is 2. The molecule has 1 aromatic rings. The summed E-state index contributed by atoms with van der Waals surface area (Å²) < 4.78 is 14.8. The number of rotatable bonds is 9. The third kappa shape index (κ3) is 10.7. The van der Waals surface area contributed by atoms with Gasteiger partial charge in [-0.25, -0.2) is 4.79 Å². The van der Waals surface area contributed by atoms with Gasteiger partial charge in [-0.05, 0) is 32.8 Å². The number of carbonyl (C=O) groups excluding carboxylic acids is 4. The first-order chi connectivity index (χ1) is 13.6. The molecule has 9 heteroatoms. The third-order valence-electron chi connectivity index (χ3n) is 3.52. The van der Waals surface area contributed by atoms with E-state index in [1.165, 1.54) is 7.11 Å². The van der Waals surface area contributed by atoms with E-state index >= 15 is 0 Å². The van der Waals surface area contributed by atoms with Crippen molar-refractivity contribution in [3.05, 3.63) is 35.9 Å². The van der Waals surface area contributed by atoms with Crippen LogP contribution in [0.1, 0.15) is 39.2 Å². The maximum atomic E-state index is 12.3. The standard InChI is InChI=1S/C20H28N2O7/c1-20(2,3)29-19(26)22-15(18(25)21-12-17(24)27-4)10-11-16(23)28-13-14-8-6-5-7-9-14/h5-9,15H,10-13H2,1-4H3,(H,21,25)(H,22,26)/t15-/m0/s1. The first-order valence-electron chi connectivity index (χ1n) is 9.14. The largest absolute Gasteiger partial charge is 0.468 e. The minimum absolute atomic E-state index is 0.0279. The first kappa shape index (κ1) is 23.9. The lowest BCUT2D eigenvalue weighted by Crippen LogP contribution is -2.49. The molecule has 2 N–H and O–H groups in total. The fourth-order valence-corrected chi connectivity index (χ4v) is 2.15. The first-order valence-corrected chi connectivity index (χ1v) is 9.14. The minimum atomic E-state index is -1.08. The predicted molar refractivity (Wildman–Crippen MR) is 104 cm³/mol. The number of carbonyl (C=O) groups is 4. The molecule has 0 radical (unpaired) electrons. The lowest BCUT2D eigenvalue weighted by atomic mass is 10.1. The van der Waals surface area contributed by atoms with Gasteiger partial charge in [0.05, 0.1) is 7.11 Å². The van der Waals surface area contributed by atoms with Gasteiger partial charge in [0.25, 0.3) is 0 Å². The molecule has 0 aliphatic carbocycles. The molecule has 0 heterocycles. The summed E-state index contributed by atoms with van der Waals surface area (Å²) >= 11 is 0. The normalized spacial score (nSPS) is 11.7. The molecule has 0 saturated heterocycles. The number of amides is 2. The van der Waals surface area contributed by atoms with E-state index in [0.29, 0.717) is 0 Å². The van der Waals surface area contributed by atoms with Crippen LogP contribution in [0.5, 0.6) is 0 Å². The van der Waals surface area contributed by atoms with Crippen molar-refractivity contribution in [2.75, 3.05) is 13.7 Å². The van der Waals surface area contributed by atoms with Gasteiger partial charge in [0.15, 0.2) is 0 Å². The maximum absolute atomic E-state index is 12.3. The Morgan fingerprint density at radius 1 is 1.03 bits per heavy atom. The van der Waals surface area contributed by atoms with E-state index < -0.39 is 35.6 Å². The van der Waals surface area contributed by atoms with Crippen LogP contribution in [-0.4, -0.2) is 49.2 Å². The van der Waals surface area contributed by atoms with Crippen molar-refractivity contribution in [2.24, 2.45) is 0 Å². The fraction of sp³-hybridized carbons (Fsp3) is 0.500. The SMILES string of the molecule is COC(=O)CNC(=O)[C@H](CCC(=O)OCc1ccccc1)NC(=O)OC(C)(C)C.